The number of nitrogens with zero attached hydrogens (tertiary/aromatic N) is 2. The number of hydrogen-bond acceptors (Lipinski definition) is 4. The summed E-state index contributed by atoms with van der Waals surface area (Å²) in [6, 6.07) is 9.16. The molecule has 2 fully saturated rings. The molecule has 28 heavy (non-hydrogen) atoms. The first-order chi connectivity index (χ1) is 13.4. The fraction of sp³-hybridized carbons (Fsp3) is 0.455. The van der Waals surface area contributed by atoms with E-state index in [1.807, 2.05) is 38.1 Å². The maximum absolute atomic E-state index is 12.8. The second-order valence-corrected chi connectivity index (χ2v) is 8.38. The molecule has 2 aliphatic carbocycles. The van der Waals surface area contributed by atoms with E-state index >= 15 is 0 Å². The van der Waals surface area contributed by atoms with Crippen LogP contribution < -0.4 is 10.6 Å². The molecule has 0 aromatic carbocycles. The van der Waals surface area contributed by atoms with Gasteiger partial charge in [-0.25, -0.2) is 4.98 Å². The minimum atomic E-state index is -0.270. The molecule has 2 heterocycles. The molecule has 2 unspecified atom stereocenters. The van der Waals surface area contributed by atoms with E-state index in [2.05, 4.69) is 20.6 Å². The highest BCUT2D eigenvalue weighted by Gasteiger charge is 2.52. The van der Waals surface area contributed by atoms with E-state index < -0.39 is 0 Å². The molecule has 2 N–H and O–H groups in total. The normalized spacial score (nSPS) is 25.9. The van der Waals surface area contributed by atoms with Crippen molar-refractivity contribution < 1.29 is 9.59 Å². The lowest BCUT2D eigenvalue weighted by molar-refractivity contribution is 0.0827. The van der Waals surface area contributed by atoms with Crippen LogP contribution in [-0.4, -0.2) is 32.9 Å². The summed E-state index contributed by atoms with van der Waals surface area (Å²) >= 11 is 0. The van der Waals surface area contributed by atoms with Gasteiger partial charge >= 0.3 is 0 Å². The summed E-state index contributed by atoms with van der Waals surface area (Å²) in [5.41, 5.74) is 2.20. The lowest BCUT2D eigenvalue weighted by atomic mass is 9.78. The quantitative estimate of drug-likeness (QED) is 0.856. The van der Waals surface area contributed by atoms with Crippen molar-refractivity contribution in [1.82, 2.24) is 20.6 Å². The number of amides is 2. The molecule has 6 nitrogen and oxygen atoms in total. The third kappa shape index (κ3) is 3.63. The number of nitrogens with one attached hydrogen (secondary N) is 2. The Bertz CT molecular complexity index is 855. The van der Waals surface area contributed by atoms with Gasteiger partial charge in [0.1, 0.15) is 11.4 Å². The predicted molar refractivity (Wildman–Crippen MR) is 106 cm³/mol. The van der Waals surface area contributed by atoms with Gasteiger partial charge in [-0.05, 0) is 82.2 Å². The summed E-state index contributed by atoms with van der Waals surface area (Å²) < 4.78 is 0. The molecule has 2 aliphatic rings. The van der Waals surface area contributed by atoms with Crippen LogP contribution in [0.1, 0.15) is 70.8 Å². The number of rotatable bonds is 4. The third-order valence-electron chi connectivity index (χ3n) is 6.10. The molecule has 0 aliphatic heterocycles. The van der Waals surface area contributed by atoms with Gasteiger partial charge in [0.2, 0.25) is 0 Å². The molecule has 0 saturated heterocycles. The molecule has 2 atom stereocenters. The van der Waals surface area contributed by atoms with E-state index in [1.165, 1.54) is 0 Å². The average molecular weight is 378 g/mol. The summed E-state index contributed by atoms with van der Waals surface area (Å²) in [5, 5.41) is 6.49. The third-order valence-corrected chi connectivity index (χ3v) is 6.10. The Morgan fingerprint density at radius 3 is 2.25 bits per heavy atom. The van der Waals surface area contributed by atoms with Crippen LogP contribution in [0.4, 0.5) is 0 Å². The predicted octanol–water partition coefficient (Wildman–Crippen LogP) is 3.10. The Morgan fingerprint density at radius 1 is 0.929 bits per heavy atom. The number of hydrogen-bond donors (Lipinski definition) is 2. The molecule has 0 radical (unpaired) electrons. The maximum Gasteiger partial charge on any atom is 0.270 e. The highest BCUT2D eigenvalue weighted by Crippen LogP contribution is 2.48. The number of pyridine rings is 2. The highest BCUT2D eigenvalue weighted by atomic mass is 16.2. The van der Waals surface area contributed by atoms with Crippen molar-refractivity contribution in [3.05, 3.63) is 59.2 Å². The van der Waals surface area contributed by atoms with Crippen LogP contribution in [0.3, 0.4) is 0 Å². The molecule has 2 aromatic heterocycles. The number of carbonyl (C=O) groups excluding carboxylic acids is 2. The van der Waals surface area contributed by atoms with Gasteiger partial charge in [0.15, 0.2) is 0 Å². The zero-order valence-corrected chi connectivity index (χ0v) is 16.4. The smallest absolute Gasteiger partial charge is 0.270 e. The fourth-order valence-electron chi connectivity index (χ4n) is 4.77. The molecule has 0 spiro atoms. The average Bonchev–Trinajstić information content (AvgIpc) is 2.91. The van der Waals surface area contributed by atoms with Crippen LogP contribution in [0.25, 0.3) is 0 Å². The molecule has 2 aromatic rings. The van der Waals surface area contributed by atoms with Gasteiger partial charge < -0.3 is 10.6 Å². The standard InChI is InChI=1S/C22H26N4O2/c1-15-7-12-23-18(13-15)20(28)26-22-9-4-8-21(14-22,10-11-22)25-19(27)17-6-3-5-16(2)24-17/h3,5-7,12-13H,4,8-11,14H2,1-2H3,(H,25,27)(H,26,28). The monoisotopic (exact) mass is 378 g/mol. The summed E-state index contributed by atoms with van der Waals surface area (Å²) in [6.07, 6.45) is 7.00. The molecular weight excluding hydrogens is 352 g/mol. The summed E-state index contributed by atoms with van der Waals surface area (Å²) in [5.74, 6) is -0.263. The topological polar surface area (TPSA) is 84.0 Å². The largest absolute Gasteiger partial charge is 0.345 e. The molecule has 2 saturated carbocycles. The van der Waals surface area contributed by atoms with Crippen molar-refractivity contribution in [1.29, 1.82) is 0 Å². The van der Waals surface area contributed by atoms with Gasteiger partial charge in [-0.1, -0.05) is 6.07 Å². The number of aromatic nitrogens is 2. The lowest BCUT2D eigenvalue weighted by Gasteiger charge is -2.40. The van der Waals surface area contributed by atoms with Crippen molar-refractivity contribution >= 4 is 11.8 Å². The van der Waals surface area contributed by atoms with Crippen LogP contribution in [0.15, 0.2) is 36.5 Å². The second-order valence-electron chi connectivity index (χ2n) is 8.38. The molecule has 6 heteroatoms. The molecule has 2 amide bonds. The summed E-state index contributed by atoms with van der Waals surface area (Å²) in [6.45, 7) is 3.83. The van der Waals surface area contributed by atoms with E-state index in [1.54, 1.807) is 12.3 Å². The Kier molecular flexibility index (Phi) is 4.65. The van der Waals surface area contributed by atoms with Crippen LogP contribution in [0, 0.1) is 13.8 Å². The zero-order valence-electron chi connectivity index (χ0n) is 16.4. The minimum Gasteiger partial charge on any atom is -0.345 e. The second kappa shape index (κ2) is 7.00. The van der Waals surface area contributed by atoms with Crippen LogP contribution in [-0.2, 0) is 0 Å². The number of aryl methyl sites for hydroxylation is 2. The molecular formula is C22H26N4O2. The van der Waals surface area contributed by atoms with E-state index in [9.17, 15) is 9.59 Å². The van der Waals surface area contributed by atoms with E-state index in [0.29, 0.717) is 11.4 Å². The van der Waals surface area contributed by atoms with Crippen molar-refractivity contribution in [3.63, 3.8) is 0 Å². The van der Waals surface area contributed by atoms with Gasteiger partial charge in [-0.15, -0.1) is 0 Å². The van der Waals surface area contributed by atoms with Gasteiger partial charge in [-0.2, -0.15) is 0 Å². The zero-order chi connectivity index (χ0) is 19.8. The Labute approximate surface area is 165 Å². The number of fused-ring (bicyclic) bond motifs is 2. The fourth-order valence-corrected chi connectivity index (χ4v) is 4.77. The van der Waals surface area contributed by atoms with Gasteiger partial charge in [-0.3, -0.25) is 14.6 Å². The number of carbonyl (C=O) groups is 2. The highest BCUT2D eigenvalue weighted by molar-refractivity contribution is 5.94. The van der Waals surface area contributed by atoms with Gasteiger partial charge in [0, 0.05) is 23.0 Å². The van der Waals surface area contributed by atoms with Crippen LogP contribution >= 0.6 is 0 Å². The van der Waals surface area contributed by atoms with Crippen LogP contribution in [0.5, 0.6) is 0 Å². The van der Waals surface area contributed by atoms with Crippen molar-refractivity contribution in [3.8, 4) is 0 Å². The van der Waals surface area contributed by atoms with Gasteiger partial charge in [0.25, 0.3) is 11.8 Å². The Morgan fingerprint density at radius 2 is 1.61 bits per heavy atom. The van der Waals surface area contributed by atoms with Crippen molar-refractivity contribution in [2.75, 3.05) is 0 Å². The first kappa shape index (κ1) is 18.6. The van der Waals surface area contributed by atoms with E-state index in [4.69, 9.17) is 0 Å². The first-order valence-electron chi connectivity index (χ1n) is 9.90. The van der Waals surface area contributed by atoms with Crippen molar-refractivity contribution in [2.24, 2.45) is 0 Å². The Hall–Kier alpha value is -2.76. The Balaban J connectivity index is 1.48. The molecule has 2 bridgehead atoms. The van der Waals surface area contributed by atoms with Crippen molar-refractivity contribution in [2.45, 2.75) is 63.5 Å². The molecule has 4 rings (SSSR count). The lowest BCUT2D eigenvalue weighted by Crippen LogP contribution is -2.55. The maximum atomic E-state index is 12.8. The SMILES string of the molecule is Cc1ccnc(C(=O)NC23CCCC(NC(=O)c4cccc(C)n4)(CC2)C3)c1. The molecule has 146 valence electrons. The first-order valence-corrected chi connectivity index (χ1v) is 9.90. The van der Waals surface area contributed by atoms with Gasteiger partial charge in [0.05, 0.1) is 0 Å². The summed E-state index contributed by atoms with van der Waals surface area (Å²) in [4.78, 5) is 34.1. The van der Waals surface area contributed by atoms with E-state index in [0.717, 1.165) is 49.8 Å². The van der Waals surface area contributed by atoms with E-state index in [-0.39, 0.29) is 22.9 Å². The summed E-state index contributed by atoms with van der Waals surface area (Å²) in [7, 11) is 0. The minimum absolute atomic E-state index is 0.131. The van der Waals surface area contributed by atoms with Crippen LogP contribution in [0.2, 0.25) is 0 Å².